The van der Waals surface area contributed by atoms with Gasteiger partial charge in [0.15, 0.2) is 6.10 Å². The first kappa shape index (κ1) is 14.5. The molecule has 0 saturated carbocycles. The predicted octanol–water partition coefficient (Wildman–Crippen LogP) is 1.26. The first-order valence-corrected chi connectivity index (χ1v) is 5.86. The largest absolute Gasteiger partial charge is 0.455 e. The minimum atomic E-state index is -0.947. The van der Waals surface area contributed by atoms with Crippen molar-refractivity contribution in [3.05, 3.63) is 0 Å². The summed E-state index contributed by atoms with van der Waals surface area (Å²) in [6.45, 7) is 6.25. The van der Waals surface area contributed by atoms with Crippen LogP contribution in [0, 0.1) is 18.3 Å². The maximum absolute atomic E-state index is 11.1. The Bertz CT molecular complexity index is 383. The van der Waals surface area contributed by atoms with E-state index in [2.05, 4.69) is 5.92 Å². The molecule has 5 heteroatoms. The van der Waals surface area contributed by atoms with Gasteiger partial charge in [0, 0.05) is 19.8 Å². The van der Waals surface area contributed by atoms with Gasteiger partial charge in [-0.25, -0.2) is 0 Å². The lowest BCUT2D eigenvalue weighted by Crippen LogP contribution is -2.36. The monoisotopic (exact) mass is 254 g/mol. The van der Waals surface area contributed by atoms with Crippen molar-refractivity contribution in [2.75, 3.05) is 0 Å². The van der Waals surface area contributed by atoms with Gasteiger partial charge in [-0.05, 0) is 6.42 Å². The van der Waals surface area contributed by atoms with Gasteiger partial charge in [-0.15, -0.1) is 6.42 Å². The molecule has 0 radical (unpaired) electrons. The van der Waals surface area contributed by atoms with E-state index in [-0.39, 0.29) is 5.92 Å². The lowest BCUT2D eigenvalue weighted by atomic mass is 9.85. The zero-order chi connectivity index (χ0) is 13.9. The molecule has 0 bridgehead atoms. The molecule has 100 valence electrons. The van der Waals surface area contributed by atoms with E-state index in [9.17, 15) is 9.59 Å². The third-order valence-electron chi connectivity index (χ3n) is 3.18. The number of carbonyl (C=O) groups excluding carboxylic acids is 2. The van der Waals surface area contributed by atoms with Crippen LogP contribution in [-0.2, 0) is 23.8 Å². The van der Waals surface area contributed by atoms with Crippen LogP contribution >= 0.6 is 0 Å². The number of hydrogen-bond donors (Lipinski definition) is 0. The van der Waals surface area contributed by atoms with Crippen LogP contribution in [0.2, 0.25) is 0 Å². The van der Waals surface area contributed by atoms with E-state index < -0.39 is 29.9 Å². The van der Waals surface area contributed by atoms with E-state index in [1.807, 2.05) is 13.8 Å². The van der Waals surface area contributed by atoms with Gasteiger partial charge in [0.1, 0.15) is 5.60 Å². The highest BCUT2D eigenvalue weighted by Gasteiger charge is 2.54. The van der Waals surface area contributed by atoms with Gasteiger partial charge in [-0.1, -0.05) is 19.8 Å². The Morgan fingerprint density at radius 2 is 1.89 bits per heavy atom. The highest BCUT2D eigenvalue weighted by Crippen LogP contribution is 2.40. The highest BCUT2D eigenvalue weighted by atomic mass is 16.7. The van der Waals surface area contributed by atoms with Crippen LogP contribution in [0.3, 0.4) is 0 Å². The Hall–Kier alpha value is -1.54. The summed E-state index contributed by atoms with van der Waals surface area (Å²) < 4.78 is 15.8. The Morgan fingerprint density at radius 1 is 1.33 bits per heavy atom. The van der Waals surface area contributed by atoms with Crippen LogP contribution in [-0.4, -0.2) is 29.9 Å². The van der Waals surface area contributed by atoms with Crippen molar-refractivity contribution in [3.63, 3.8) is 0 Å². The van der Waals surface area contributed by atoms with Gasteiger partial charge in [0.2, 0.25) is 6.29 Å². The average molecular weight is 254 g/mol. The Balaban J connectivity index is 2.99. The molecule has 1 heterocycles. The van der Waals surface area contributed by atoms with E-state index >= 15 is 0 Å². The molecule has 0 amide bonds. The second kappa shape index (κ2) is 5.40. The lowest BCUT2D eigenvalue weighted by Gasteiger charge is -2.25. The fraction of sp³-hybridized carbons (Fsp3) is 0.692. The molecule has 5 nitrogen and oxygen atoms in total. The molecule has 1 aliphatic heterocycles. The van der Waals surface area contributed by atoms with Crippen molar-refractivity contribution in [1.82, 2.24) is 0 Å². The van der Waals surface area contributed by atoms with Crippen molar-refractivity contribution in [1.29, 1.82) is 0 Å². The fourth-order valence-corrected chi connectivity index (χ4v) is 2.16. The molecule has 0 aromatic rings. The van der Waals surface area contributed by atoms with Crippen LogP contribution in [0.15, 0.2) is 0 Å². The Labute approximate surface area is 107 Å². The molecule has 18 heavy (non-hydrogen) atoms. The van der Waals surface area contributed by atoms with Crippen LogP contribution in [0.25, 0.3) is 0 Å². The highest BCUT2D eigenvalue weighted by molar-refractivity contribution is 5.67. The normalized spacial score (nSPS) is 34.7. The zero-order valence-electron chi connectivity index (χ0n) is 11.1. The molecular weight excluding hydrogens is 236 g/mol. The standard InChI is InChI=1S/C13H18O5/c1-6-13(7-2)8(3)11(16-9(4)14)12(18-13)17-10(5)15/h1,8,11-12H,7H2,2-5H3/t8-,11?,12?,13-/m1/s1. The first-order chi connectivity index (χ1) is 8.36. The van der Waals surface area contributed by atoms with Crippen molar-refractivity contribution in [2.24, 2.45) is 5.92 Å². The minimum absolute atomic E-state index is 0.249. The lowest BCUT2D eigenvalue weighted by molar-refractivity contribution is -0.199. The number of esters is 2. The average Bonchev–Trinajstić information content (AvgIpc) is 2.53. The van der Waals surface area contributed by atoms with Gasteiger partial charge in [0.25, 0.3) is 0 Å². The smallest absolute Gasteiger partial charge is 0.305 e. The zero-order valence-corrected chi connectivity index (χ0v) is 11.1. The van der Waals surface area contributed by atoms with Gasteiger partial charge >= 0.3 is 11.9 Å². The van der Waals surface area contributed by atoms with Crippen LogP contribution in [0.4, 0.5) is 0 Å². The second-order valence-electron chi connectivity index (χ2n) is 4.35. The van der Waals surface area contributed by atoms with E-state index in [1.54, 1.807) is 0 Å². The van der Waals surface area contributed by atoms with Gasteiger partial charge in [-0.3, -0.25) is 9.59 Å². The fourth-order valence-electron chi connectivity index (χ4n) is 2.16. The topological polar surface area (TPSA) is 61.8 Å². The number of ether oxygens (including phenoxy) is 3. The summed E-state index contributed by atoms with van der Waals surface area (Å²) in [5.74, 6) is 1.36. The van der Waals surface area contributed by atoms with Gasteiger partial charge in [0.05, 0.1) is 0 Å². The summed E-state index contributed by atoms with van der Waals surface area (Å²) in [7, 11) is 0. The van der Waals surface area contributed by atoms with E-state index in [0.717, 1.165) is 0 Å². The van der Waals surface area contributed by atoms with Crippen LogP contribution in [0.5, 0.6) is 0 Å². The Morgan fingerprint density at radius 3 is 2.28 bits per heavy atom. The summed E-state index contributed by atoms with van der Waals surface area (Å²) in [5, 5.41) is 0. The summed E-state index contributed by atoms with van der Waals surface area (Å²) in [6.07, 6.45) is 4.42. The van der Waals surface area contributed by atoms with Crippen molar-refractivity contribution < 1.29 is 23.8 Å². The summed E-state index contributed by atoms with van der Waals surface area (Å²) in [4.78, 5) is 22.1. The second-order valence-corrected chi connectivity index (χ2v) is 4.35. The third-order valence-corrected chi connectivity index (χ3v) is 3.18. The third kappa shape index (κ3) is 2.65. The molecule has 0 aliphatic carbocycles. The van der Waals surface area contributed by atoms with Crippen LogP contribution in [0.1, 0.15) is 34.1 Å². The molecule has 2 unspecified atom stereocenters. The van der Waals surface area contributed by atoms with E-state index in [0.29, 0.717) is 6.42 Å². The first-order valence-electron chi connectivity index (χ1n) is 5.86. The van der Waals surface area contributed by atoms with Gasteiger partial charge in [-0.2, -0.15) is 0 Å². The molecule has 0 aromatic carbocycles. The van der Waals surface area contributed by atoms with Crippen LogP contribution < -0.4 is 0 Å². The molecule has 0 N–H and O–H groups in total. The van der Waals surface area contributed by atoms with Gasteiger partial charge < -0.3 is 14.2 Å². The number of rotatable bonds is 3. The summed E-state index contributed by atoms with van der Waals surface area (Å²) in [5.41, 5.74) is -0.875. The SMILES string of the molecule is C#C[C@]1(CC)OC(OC(C)=O)C(OC(C)=O)[C@H]1C. The summed E-state index contributed by atoms with van der Waals surface area (Å²) in [6, 6.07) is 0. The molecular formula is C13H18O5. The molecule has 1 rings (SSSR count). The van der Waals surface area contributed by atoms with Crippen molar-refractivity contribution in [3.8, 4) is 12.3 Å². The molecule has 4 atom stereocenters. The molecule has 1 aliphatic rings. The predicted molar refractivity (Wildman–Crippen MR) is 63.2 cm³/mol. The molecule has 1 fully saturated rings. The van der Waals surface area contributed by atoms with E-state index in [1.165, 1.54) is 13.8 Å². The molecule has 0 aromatic heterocycles. The van der Waals surface area contributed by atoms with E-state index in [4.69, 9.17) is 20.6 Å². The van der Waals surface area contributed by atoms with Crippen molar-refractivity contribution in [2.45, 2.75) is 52.1 Å². The molecule has 1 saturated heterocycles. The minimum Gasteiger partial charge on any atom is -0.455 e. The van der Waals surface area contributed by atoms with Crippen molar-refractivity contribution >= 4 is 11.9 Å². The number of carbonyl (C=O) groups is 2. The molecule has 0 spiro atoms. The summed E-state index contributed by atoms with van der Waals surface area (Å²) >= 11 is 0. The number of terminal acetylenes is 1. The Kier molecular flexibility index (Phi) is 4.36. The number of hydrogen-bond acceptors (Lipinski definition) is 5. The maximum Gasteiger partial charge on any atom is 0.305 e. The maximum atomic E-state index is 11.1. The quantitative estimate of drug-likeness (QED) is 0.560.